The molecule has 2 aromatic carbocycles. The smallest absolute Gasteiger partial charge is 0.309 e. The number of amides is 1. The second-order valence-electron chi connectivity index (χ2n) is 8.76. The van der Waals surface area contributed by atoms with Gasteiger partial charge in [0.05, 0.1) is 24.5 Å². The van der Waals surface area contributed by atoms with Gasteiger partial charge in [-0.3, -0.25) is 9.59 Å². The topological polar surface area (TPSA) is 102 Å². The molecule has 184 valence electrons. The van der Waals surface area contributed by atoms with Crippen LogP contribution in [-0.2, 0) is 19.6 Å². The zero-order chi connectivity index (χ0) is 24.7. The number of esters is 1. The van der Waals surface area contributed by atoms with Gasteiger partial charge in [0.2, 0.25) is 10.0 Å². The van der Waals surface area contributed by atoms with Crippen molar-refractivity contribution in [3.05, 3.63) is 54.1 Å². The lowest BCUT2D eigenvalue weighted by molar-refractivity contribution is -0.146. The Bertz CT molecular complexity index is 1080. The third-order valence-corrected chi connectivity index (χ3v) is 7.63. The highest BCUT2D eigenvalue weighted by atomic mass is 32.2. The summed E-state index contributed by atoms with van der Waals surface area (Å²) in [7, 11) is -2.45. The minimum absolute atomic E-state index is 0.102. The van der Waals surface area contributed by atoms with E-state index in [0.717, 1.165) is 6.42 Å². The number of nitrogens with one attached hydrogen (secondary N) is 1. The molecule has 2 aromatic rings. The van der Waals surface area contributed by atoms with Crippen LogP contribution in [0.15, 0.2) is 53.4 Å². The molecule has 1 aliphatic rings. The van der Waals surface area contributed by atoms with Crippen LogP contribution in [0.4, 0.5) is 5.69 Å². The van der Waals surface area contributed by atoms with Crippen molar-refractivity contribution in [1.29, 1.82) is 0 Å². The molecule has 0 spiro atoms. The van der Waals surface area contributed by atoms with Crippen LogP contribution in [0.25, 0.3) is 0 Å². The fourth-order valence-electron chi connectivity index (χ4n) is 3.70. The Balaban J connectivity index is 1.60. The summed E-state index contributed by atoms with van der Waals surface area (Å²) in [5, 5.41) is 2.77. The van der Waals surface area contributed by atoms with Gasteiger partial charge in [-0.15, -0.1) is 0 Å². The van der Waals surface area contributed by atoms with Crippen LogP contribution in [0.3, 0.4) is 0 Å². The lowest BCUT2D eigenvalue weighted by atomic mass is 10.0. The summed E-state index contributed by atoms with van der Waals surface area (Å²) in [4.78, 5) is 24.5. The van der Waals surface area contributed by atoms with Gasteiger partial charge in [-0.25, -0.2) is 8.42 Å². The van der Waals surface area contributed by atoms with Crippen LogP contribution in [0.2, 0.25) is 0 Å². The van der Waals surface area contributed by atoms with Crippen molar-refractivity contribution in [3.63, 3.8) is 0 Å². The Morgan fingerprint density at radius 1 is 1.09 bits per heavy atom. The Hall–Kier alpha value is -2.91. The number of nitrogens with zero attached hydrogens (tertiary/aromatic N) is 1. The van der Waals surface area contributed by atoms with Gasteiger partial charge in [-0.1, -0.05) is 13.8 Å². The first-order valence-electron chi connectivity index (χ1n) is 11.4. The highest BCUT2D eigenvalue weighted by molar-refractivity contribution is 7.89. The third-order valence-electron chi connectivity index (χ3n) is 5.75. The summed E-state index contributed by atoms with van der Waals surface area (Å²) in [6.45, 7) is 5.34. The number of carbonyl (C=O) groups is 2. The number of piperidine rings is 1. The summed E-state index contributed by atoms with van der Waals surface area (Å²) >= 11 is 0. The molecule has 0 aliphatic carbocycles. The maximum Gasteiger partial charge on any atom is 0.309 e. The van der Waals surface area contributed by atoms with Crippen LogP contribution < -0.4 is 10.1 Å². The largest absolute Gasteiger partial charge is 0.494 e. The number of carbonyl (C=O) groups excluding carboxylic acids is 2. The number of benzene rings is 2. The number of hydrogen-bond donors (Lipinski definition) is 1. The number of methoxy groups -OCH3 is 1. The van der Waals surface area contributed by atoms with Crippen LogP contribution in [0.5, 0.6) is 5.75 Å². The van der Waals surface area contributed by atoms with Gasteiger partial charge < -0.3 is 14.8 Å². The highest BCUT2D eigenvalue weighted by Crippen LogP contribution is 2.25. The van der Waals surface area contributed by atoms with Crippen molar-refractivity contribution >= 4 is 27.6 Å². The van der Waals surface area contributed by atoms with Crippen molar-refractivity contribution in [2.75, 3.05) is 32.1 Å². The predicted octanol–water partition coefficient (Wildman–Crippen LogP) is 3.94. The molecule has 1 saturated heterocycles. The molecule has 0 aromatic heterocycles. The van der Waals surface area contributed by atoms with E-state index in [1.54, 1.807) is 36.4 Å². The van der Waals surface area contributed by atoms with Gasteiger partial charge in [0, 0.05) is 24.3 Å². The average molecular weight is 489 g/mol. The van der Waals surface area contributed by atoms with E-state index < -0.39 is 21.9 Å². The molecular formula is C25H32N2O6S. The molecule has 3 rings (SSSR count). The summed E-state index contributed by atoms with van der Waals surface area (Å²) in [5.74, 6) is 0.107. The molecule has 8 nitrogen and oxygen atoms in total. The van der Waals surface area contributed by atoms with E-state index in [2.05, 4.69) is 19.2 Å². The van der Waals surface area contributed by atoms with Gasteiger partial charge in [0.15, 0.2) is 0 Å². The molecule has 1 atom stereocenters. The van der Waals surface area contributed by atoms with E-state index in [4.69, 9.17) is 9.47 Å². The molecule has 0 saturated carbocycles. The molecular weight excluding hydrogens is 456 g/mol. The normalized spacial score (nSPS) is 16.8. The maximum absolute atomic E-state index is 13.0. The van der Waals surface area contributed by atoms with Crippen LogP contribution >= 0.6 is 0 Å². The number of ether oxygens (including phenoxy) is 2. The quantitative estimate of drug-likeness (QED) is 0.537. The standard InChI is InChI=1S/C25H32N2O6S/c1-18(2)14-16-33-22-10-6-19(7-11-22)24(28)26-21-8-12-23(13-9-21)34(30,31)27-15-4-5-20(17-27)25(29)32-3/h6-13,18,20H,4-5,14-17H2,1-3H3,(H,26,28)/t20-/m1/s1. The lowest BCUT2D eigenvalue weighted by Gasteiger charge is -2.30. The van der Waals surface area contributed by atoms with Crippen LogP contribution in [0.1, 0.15) is 43.5 Å². The van der Waals surface area contributed by atoms with Crippen molar-refractivity contribution in [3.8, 4) is 5.75 Å². The van der Waals surface area contributed by atoms with Gasteiger partial charge in [-0.05, 0) is 73.7 Å². The molecule has 1 amide bonds. The summed E-state index contributed by atoms with van der Waals surface area (Å²) < 4.78 is 37.8. The van der Waals surface area contributed by atoms with Gasteiger partial charge in [0.1, 0.15) is 5.75 Å². The first-order chi connectivity index (χ1) is 16.2. The molecule has 34 heavy (non-hydrogen) atoms. The van der Waals surface area contributed by atoms with E-state index in [-0.39, 0.29) is 17.3 Å². The van der Waals surface area contributed by atoms with Gasteiger partial charge in [-0.2, -0.15) is 4.31 Å². The summed E-state index contributed by atoms with van der Waals surface area (Å²) in [6.07, 6.45) is 2.15. The van der Waals surface area contributed by atoms with Crippen molar-refractivity contribution in [1.82, 2.24) is 4.31 Å². The number of anilines is 1. The SMILES string of the molecule is COC(=O)[C@@H]1CCCN(S(=O)(=O)c2ccc(NC(=O)c3ccc(OCCC(C)C)cc3)cc2)C1. The molecule has 9 heteroatoms. The molecule has 1 N–H and O–H groups in total. The fourth-order valence-corrected chi connectivity index (χ4v) is 5.22. The third kappa shape index (κ3) is 6.57. The number of sulfonamides is 1. The second-order valence-corrected chi connectivity index (χ2v) is 10.7. The fraction of sp³-hybridized carbons (Fsp3) is 0.440. The number of rotatable bonds is 9. The van der Waals surface area contributed by atoms with E-state index >= 15 is 0 Å². The summed E-state index contributed by atoms with van der Waals surface area (Å²) in [5.41, 5.74) is 0.947. The molecule has 1 heterocycles. The van der Waals surface area contributed by atoms with Crippen LogP contribution in [0, 0.1) is 11.8 Å². The number of hydrogen-bond acceptors (Lipinski definition) is 6. The highest BCUT2D eigenvalue weighted by Gasteiger charge is 2.33. The molecule has 1 fully saturated rings. The van der Waals surface area contributed by atoms with Crippen molar-refractivity contribution < 1.29 is 27.5 Å². The van der Waals surface area contributed by atoms with E-state index in [1.165, 1.54) is 23.5 Å². The van der Waals surface area contributed by atoms with Crippen LogP contribution in [-0.4, -0.2) is 51.4 Å². The van der Waals surface area contributed by atoms with Gasteiger partial charge >= 0.3 is 5.97 Å². The monoisotopic (exact) mass is 488 g/mol. The lowest BCUT2D eigenvalue weighted by Crippen LogP contribution is -2.42. The first-order valence-corrected chi connectivity index (χ1v) is 12.9. The van der Waals surface area contributed by atoms with Gasteiger partial charge in [0.25, 0.3) is 5.91 Å². The van der Waals surface area contributed by atoms with E-state index in [0.29, 0.717) is 48.9 Å². The van der Waals surface area contributed by atoms with E-state index in [1.807, 2.05) is 0 Å². The minimum Gasteiger partial charge on any atom is -0.494 e. The zero-order valence-electron chi connectivity index (χ0n) is 19.8. The molecule has 0 bridgehead atoms. The Morgan fingerprint density at radius 3 is 2.38 bits per heavy atom. The van der Waals surface area contributed by atoms with Crippen molar-refractivity contribution in [2.24, 2.45) is 11.8 Å². The summed E-state index contributed by atoms with van der Waals surface area (Å²) in [6, 6.07) is 12.9. The Kier molecular flexibility index (Phi) is 8.68. The Morgan fingerprint density at radius 2 is 1.76 bits per heavy atom. The maximum atomic E-state index is 13.0. The average Bonchev–Trinajstić information content (AvgIpc) is 2.84. The molecule has 1 aliphatic heterocycles. The second kappa shape index (κ2) is 11.5. The van der Waals surface area contributed by atoms with Crippen molar-refractivity contribution in [2.45, 2.75) is 38.0 Å². The zero-order valence-corrected chi connectivity index (χ0v) is 20.6. The molecule has 0 radical (unpaired) electrons. The molecule has 0 unspecified atom stereocenters. The predicted molar refractivity (Wildman–Crippen MR) is 129 cm³/mol. The minimum atomic E-state index is -3.75. The van der Waals surface area contributed by atoms with E-state index in [9.17, 15) is 18.0 Å². The first kappa shape index (κ1) is 25.7. The Labute approximate surface area is 201 Å².